The largest absolute Gasteiger partial charge is 0.507 e. The lowest BCUT2D eigenvalue weighted by Gasteiger charge is -2.14. The number of ether oxygens (including phenoxy) is 6. The monoisotopic (exact) mass is 502 g/mol. The Morgan fingerprint density at radius 2 is 1.67 bits per heavy atom. The van der Waals surface area contributed by atoms with E-state index in [2.05, 4.69) is 4.74 Å². The van der Waals surface area contributed by atoms with Crippen LogP contribution < -0.4 is 24.4 Å². The van der Waals surface area contributed by atoms with Gasteiger partial charge in [0.05, 0.1) is 41.7 Å². The van der Waals surface area contributed by atoms with Crippen LogP contribution in [-0.2, 0) is 19.1 Å². The summed E-state index contributed by atoms with van der Waals surface area (Å²) in [6, 6.07) is 7.69. The van der Waals surface area contributed by atoms with Crippen LogP contribution in [0.2, 0.25) is 0 Å². The van der Waals surface area contributed by atoms with Crippen molar-refractivity contribution in [1.29, 1.82) is 0 Å². The molecule has 11 nitrogen and oxygen atoms in total. The van der Waals surface area contributed by atoms with E-state index in [1.165, 1.54) is 40.6 Å². The first-order valence-electron chi connectivity index (χ1n) is 10.8. The SMILES string of the molecule is COC(=O)CC(=O)OCCCOc1c(-c2ccc(OC)c(OC)c2)oc2cc(OC)cc(O)c2c1=O. The van der Waals surface area contributed by atoms with Gasteiger partial charge in [-0.15, -0.1) is 0 Å². The summed E-state index contributed by atoms with van der Waals surface area (Å²) >= 11 is 0. The Morgan fingerprint density at radius 3 is 2.33 bits per heavy atom. The van der Waals surface area contributed by atoms with Crippen molar-refractivity contribution in [2.75, 3.05) is 41.7 Å². The molecule has 1 heterocycles. The van der Waals surface area contributed by atoms with Gasteiger partial charge in [-0.3, -0.25) is 14.4 Å². The van der Waals surface area contributed by atoms with Crippen molar-refractivity contribution >= 4 is 22.9 Å². The molecule has 36 heavy (non-hydrogen) atoms. The molecule has 0 saturated carbocycles. The van der Waals surface area contributed by atoms with E-state index >= 15 is 0 Å². The number of phenolic OH excluding ortho intramolecular Hbond substituents is 1. The number of carbonyl (C=O) groups excluding carboxylic acids is 2. The van der Waals surface area contributed by atoms with Crippen LogP contribution in [0.3, 0.4) is 0 Å². The number of methoxy groups -OCH3 is 4. The molecule has 0 aliphatic heterocycles. The van der Waals surface area contributed by atoms with Crippen LogP contribution in [-0.4, -0.2) is 58.7 Å². The highest BCUT2D eigenvalue weighted by molar-refractivity contribution is 5.91. The van der Waals surface area contributed by atoms with Crippen molar-refractivity contribution < 1.29 is 47.5 Å². The highest BCUT2D eigenvalue weighted by Gasteiger charge is 2.22. The van der Waals surface area contributed by atoms with Gasteiger partial charge in [0, 0.05) is 24.1 Å². The molecular weight excluding hydrogens is 476 g/mol. The molecule has 0 saturated heterocycles. The molecule has 0 fully saturated rings. The lowest BCUT2D eigenvalue weighted by molar-refractivity contribution is -0.153. The van der Waals surface area contributed by atoms with Crippen molar-refractivity contribution in [2.24, 2.45) is 0 Å². The summed E-state index contributed by atoms with van der Waals surface area (Å²) in [5.74, 6) is -0.685. The molecule has 3 rings (SSSR count). The molecule has 0 atom stereocenters. The van der Waals surface area contributed by atoms with Gasteiger partial charge in [-0.25, -0.2) is 0 Å². The predicted octanol–water partition coefficient (Wildman–Crippen LogP) is 3.07. The Hall–Kier alpha value is -4.41. The lowest BCUT2D eigenvalue weighted by Crippen LogP contribution is -2.15. The normalized spacial score (nSPS) is 10.6. The molecule has 0 unspecified atom stereocenters. The zero-order chi connectivity index (χ0) is 26.2. The van der Waals surface area contributed by atoms with Gasteiger partial charge < -0.3 is 37.9 Å². The zero-order valence-corrected chi connectivity index (χ0v) is 20.2. The second kappa shape index (κ2) is 11.8. The first kappa shape index (κ1) is 26.2. The Bertz CT molecular complexity index is 1310. The van der Waals surface area contributed by atoms with Gasteiger partial charge >= 0.3 is 11.9 Å². The van der Waals surface area contributed by atoms with E-state index < -0.39 is 23.8 Å². The number of aromatic hydroxyl groups is 1. The number of benzene rings is 2. The van der Waals surface area contributed by atoms with Crippen molar-refractivity contribution in [3.8, 4) is 40.1 Å². The second-order valence-electron chi connectivity index (χ2n) is 7.35. The first-order valence-corrected chi connectivity index (χ1v) is 10.8. The number of esters is 2. The van der Waals surface area contributed by atoms with E-state index in [0.29, 0.717) is 22.8 Å². The molecule has 0 aliphatic rings. The van der Waals surface area contributed by atoms with Crippen molar-refractivity contribution in [1.82, 2.24) is 0 Å². The number of carbonyl (C=O) groups is 2. The number of hydrogen-bond acceptors (Lipinski definition) is 11. The summed E-state index contributed by atoms with van der Waals surface area (Å²) in [6.07, 6.45) is -0.290. The first-order chi connectivity index (χ1) is 17.3. The molecule has 0 amide bonds. The van der Waals surface area contributed by atoms with E-state index in [1.54, 1.807) is 18.2 Å². The molecule has 3 aromatic rings. The topological polar surface area (TPSA) is 140 Å². The summed E-state index contributed by atoms with van der Waals surface area (Å²) in [6.45, 7) is -0.0815. The van der Waals surface area contributed by atoms with Crippen molar-refractivity contribution in [3.05, 3.63) is 40.6 Å². The van der Waals surface area contributed by atoms with Crippen molar-refractivity contribution in [2.45, 2.75) is 12.8 Å². The fraction of sp³-hybridized carbons (Fsp3) is 0.320. The van der Waals surface area contributed by atoms with Crippen LogP contribution in [0, 0.1) is 0 Å². The van der Waals surface area contributed by atoms with Gasteiger partial charge in [0.25, 0.3) is 0 Å². The number of fused-ring (bicyclic) bond motifs is 1. The highest BCUT2D eigenvalue weighted by Crippen LogP contribution is 2.39. The van der Waals surface area contributed by atoms with E-state index in [1.807, 2.05) is 0 Å². The minimum absolute atomic E-state index is 0.0288. The highest BCUT2D eigenvalue weighted by atomic mass is 16.6. The van der Waals surface area contributed by atoms with E-state index in [9.17, 15) is 19.5 Å². The van der Waals surface area contributed by atoms with Gasteiger partial charge in [-0.2, -0.15) is 0 Å². The average molecular weight is 502 g/mol. The maximum atomic E-state index is 13.4. The van der Waals surface area contributed by atoms with E-state index in [0.717, 1.165) is 0 Å². The molecule has 2 aromatic carbocycles. The van der Waals surface area contributed by atoms with Crippen LogP contribution in [0.4, 0.5) is 0 Å². The second-order valence-corrected chi connectivity index (χ2v) is 7.35. The smallest absolute Gasteiger partial charge is 0.317 e. The lowest BCUT2D eigenvalue weighted by atomic mass is 10.1. The minimum atomic E-state index is -0.739. The summed E-state index contributed by atoms with van der Waals surface area (Å²) in [7, 11) is 5.56. The molecule has 0 radical (unpaired) electrons. The number of phenols is 1. The number of hydrogen-bond donors (Lipinski definition) is 1. The van der Waals surface area contributed by atoms with E-state index in [4.69, 9.17) is 28.1 Å². The Labute approximate surface area is 206 Å². The molecule has 0 aliphatic carbocycles. The summed E-state index contributed by atoms with van der Waals surface area (Å²) in [5.41, 5.74) is -0.0666. The molecule has 11 heteroatoms. The standard InChI is InChI=1S/C25H26O11/c1-30-15-11-16(26)22-19(12-15)36-24(14-6-7-17(31-2)18(10-14)32-3)25(23(22)29)35-9-5-8-34-21(28)13-20(27)33-4/h6-7,10-12,26H,5,8-9,13H2,1-4H3. The van der Waals surface area contributed by atoms with E-state index in [-0.39, 0.29) is 47.9 Å². The van der Waals surface area contributed by atoms with Gasteiger partial charge in [-0.1, -0.05) is 0 Å². The Morgan fingerprint density at radius 1 is 0.917 bits per heavy atom. The summed E-state index contributed by atoms with van der Waals surface area (Å²) < 4.78 is 36.9. The summed E-state index contributed by atoms with van der Waals surface area (Å²) in [4.78, 5) is 36.1. The fourth-order valence-corrected chi connectivity index (χ4v) is 3.33. The maximum Gasteiger partial charge on any atom is 0.317 e. The summed E-state index contributed by atoms with van der Waals surface area (Å²) in [5, 5.41) is 10.4. The third kappa shape index (κ3) is 5.80. The third-order valence-electron chi connectivity index (χ3n) is 5.10. The fourth-order valence-electron chi connectivity index (χ4n) is 3.33. The van der Waals surface area contributed by atoms with Crippen molar-refractivity contribution in [3.63, 3.8) is 0 Å². The quantitative estimate of drug-likeness (QED) is 0.235. The molecule has 1 aromatic heterocycles. The van der Waals surface area contributed by atoms with Gasteiger partial charge in [0.15, 0.2) is 17.3 Å². The van der Waals surface area contributed by atoms with Gasteiger partial charge in [-0.05, 0) is 18.2 Å². The third-order valence-corrected chi connectivity index (χ3v) is 5.10. The van der Waals surface area contributed by atoms with Crippen LogP contribution >= 0.6 is 0 Å². The molecule has 192 valence electrons. The zero-order valence-electron chi connectivity index (χ0n) is 20.2. The molecule has 0 spiro atoms. The van der Waals surface area contributed by atoms with Gasteiger partial charge in [0.1, 0.15) is 28.9 Å². The minimum Gasteiger partial charge on any atom is -0.507 e. The van der Waals surface area contributed by atoms with Gasteiger partial charge in [0.2, 0.25) is 11.2 Å². The average Bonchev–Trinajstić information content (AvgIpc) is 2.88. The Kier molecular flexibility index (Phi) is 8.61. The van der Waals surface area contributed by atoms with Crippen LogP contribution in [0.25, 0.3) is 22.3 Å². The predicted molar refractivity (Wildman–Crippen MR) is 127 cm³/mol. The molecular formula is C25H26O11. The van der Waals surface area contributed by atoms with Crippen LogP contribution in [0.5, 0.6) is 28.7 Å². The molecule has 0 bridgehead atoms. The van der Waals surface area contributed by atoms with Crippen LogP contribution in [0.15, 0.2) is 39.5 Å². The number of rotatable bonds is 11. The molecule has 1 N–H and O–H groups in total. The van der Waals surface area contributed by atoms with Crippen LogP contribution in [0.1, 0.15) is 12.8 Å². The maximum absolute atomic E-state index is 13.4. The Balaban J connectivity index is 1.95.